The van der Waals surface area contributed by atoms with Crippen molar-refractivity contribution in [3.8, 4) is 5.75 Å². The average molecular weight is 334 g/mol. The SMILES string of the molecule is CCC(=S)Nc1c(Cl)cccc1COc1ccc(C)cc1C. The van der Waals surface area contributed by atoms with Crippen LogP contribution in [0.15, 0.2) is 36.4 Å². The van der Waals surface area contributed by atoms with E-state index in [9.17, 15) is 0 Å². The van der Waals surface area contributed by atoms with Gasteiger partial charge in [0.05, 0.1) is 15.7 Å². The zero-order chi connectivity index (χ0) is 16.1. The van der Waals surface area contributed by atoms with Gasteiger partial charge in [0.15, 0.2) is 0 Å². The molecule has 0 aliphatic heterocycles. The number of hydrogen-bond donors (Lipinski definition) is 1. The maximum atomic E-state index is 6.29. The third-order valence-electron chi connectivity index (χ3n) is 3.40. The highest BCUT2D eigenvalue weighted by Crippen LogP contribution is 2.28. The van der Waals surface area contributed by atoms with E-state index in [1.54, 1.807) is 0 Å². The Labute approximate surface area is 142 Å². The number of hydrogen-bond acceptors (Lipinski definition) is 2. The maximum Gasteiger partial charge on any atom is 0.122 e. The standard InChI is InChI=1S/C18H20ClNOS/c1-4-17(22)20-18-14(6-5-7-15(18)19)11-21-16-9-8-12(2)10-13(16)3/h5-10H,4,11H2,1-3H3,(H,20,22). The molecule has 2 nitrogen and oxygen atoms in total. The van der Waals surface area contributed by atoms with E-state index in [4.69, 9.17) is 28.6 Å². The van der Waals surface area contributed by atoms with Crippen molar-refractivity contribution in [3.63, 3.8) is 0 Å². The molecule has 2 aromatic rings. The van der Waals surface area contributed by atoms with Crippen LogP contribution in [-0.4, -0.2) is 4.99 Å². The van der Waals surface area contributed by atoms with Gasteiger partial charge in [-0.25, -0.2) is 0 Å². The molecule has 0 unspecified atom stereocenters. The quantitative estimate of drug-likeness (QED) is 0.711. The number of benzene rings is 2. The van der Waals surface area contributed by atoms with Crippen molar-refractivity contribution >= 4 is 34.5 Å². The lowest BCUT2D eigenvalue weighted by atomic mass is 10.1. The molecule has 0 aliphatic rings. The molecule has 0 saturated heterocycles. The lowest BCUT2D eigenvalue weighted by Gasteiger charge is -2.15. The minimum Gasteiger partial charge on any atom is -0.489 e. The van der Waals surface area contributed by atoms with E-state index < -0.39 is 0 Å². The van der Waals surface area contributed by atoms with Crippen LogP contribution in [0.4, 0.5) is 5.69 Å². The van der Waals surface area contributed by atoms with Gasteiger partial charge in [0, 0.05) is 5.56 Å². The van der Waals surface area contributed by atoms with Gasteiger partial charge >= 0.3 is 0 Å². The molecule has 0 radical (unpaired) electrons. The van der Waals surface area contributed by atoms with Gasteiger partial charge in [0.25, 0.3) is 0 Å². The van der Waals surface area contributed by atoms with Crippen molar-refractivity contribution in [1.82, 2.24) is 0 Å². The Hall–Kier alpha value is -1.58. The van der Waals surface area contributed by atoms with E-state index in [-0.39, 0.29) is 0 Å². The summed E-state index contributed by atoms with van der Waals surface area (Å²) >= 11 is 11.5. The lowest BCUT2D eigenvalue weighted by molar-refractivity contribution is 0.304. The molecule has 1 N–H and O–H groups in total. The van der Waals surface area contributed by atoms with E-state index >= 15 is 0 Å². The monoisotopic (exact) mass is 333 g/mol. The van der Waals surface area contributed by atoms with Crippen LogP contribution >= 0.6 is 23.8 Å². The van der Waals surface area contributed by atoms with Crippen LogP contribution in [0.5, 0.6) is 5.75 Å². The van der Waals surface area contributed by atoms with E-state index in [2.05, 4.69) is 18.3 Å². The number of halogens is 1. The number of nitrogens with one attached hydrogen (secondary N) is 1. The molecule has 2 aromatic carbocycles. The molecule has 4 heteroatoms. The van der Waals surface area contributed by atoms with Crippen LogP contribution in [0.1, 0.15) is 30.0 Å². The van der Waals surface area contributed by atoms with Gasteiger partial charge in [-0.05, 0) is 38.0 Å². The molecule has 22 heavy (non-hydrogen) atoms. The van der Waals surface area contributed by atoms with Gasteiger partial charge in [0.2, 0.25) is 0 Å². The van der Waals surface area contributed by atoms with Crippen LogP contribution in [0.25, 0.3) is 0 Å². The number of aryl methyl sites for hydroxylation is 2. The fraction of sp³-hybridized carbons (Fsp3) is 0.278. The summed E-state index contributed by atoms with van der Waals surface area (Å²) < 4.78 is 5.95. The predicted octanol–water partition coefficient (Wildman–Crippen LogP) is 5.69. The fourth-order valence-corrected chi connectivity index (χ4v) is 2.52. The van der Waals surface area contributed by atoms with Crippen molar-refractivity contribution in [2.75, 3.05) is 5.32 Å². The molecule has 0 amide bonds. The van der Waals surface area contributed by atoms with E-state index in [1.807, 2.05) is 44.2 Å². The molecule has 0 aliphatic carbocycles. The van der Waals surface area contributed by atoms with Gasteiger partial charge in [-0.15, -0.1) is 0 Å². The fourth-order valence-electron chi connectivity index (χ4n) is 2.17. The molecular weight excluding hydrogens is 314 g/mol. The number of anilines is 1. The first-order chi connectivity index (χ1) is 10.5. The van der Waals surface area contributed by atoms with E-state index in [0.29, 0.717) is 11.6 Å². The summed E-state index contributed by atoms with van der Waals surface area (Å²) in [6.45, 7) is 6.57. The molecule has 2 rings (SSSR count). The summed E-state index contributed by atoms with van der Waals surface area (Å²) in [6.07, 6.45) is 0.776. The molecule has 0 atom stereocenters. The molecular formula is C18H20ClNOS. The largest absolute Gasteiger partial charge is 0.489 e. The summed E-state index contributed by atoms with van der Waals surface area (Å²) in [5.74, 6) is 0.884. The van der Waals surface area contributed by atoms with Crippen molar-refractivity contribution in [1.29, 1.82) is 0 Å². The Kier molecular flexibility index (Phi) is 5.81. The highest BCUT2D eigenvalue weighted by molar-refractivity contribution is 7.80. The highest BCUT2D eigenvalue weighted by Gasteiger charge is 2.09. The van der Waals surface area contributed by atoms with Crippen LogP contribution in [0.2, 0.25) is 5.02 Å². The third kappa shape index (κ3) is 4.21. The summed E-state index contributed by atoms with van der Waals surface area (Å²) in [4.78, 5) is 0.765. The second-order valence-corrected chi connectivity index (χ2v) is 6.13. The summed E-state index contributed by atoms with van der Waals surface area (Å²) in [6, 6.07) is 11.9. The van der Waals surface area contributed by atoms with E-state index in [1.165, 1.54) is 5.56 Å². The molecule has 0 fully saturated rings. The number of para-hydroxylation sites is 1. The lowest BCUT2D eigenvalue weighted by Crippen LogP contribution is -2.11. The number of ether oxygens (including phenoxy) is 1. The molecule has 0 heterocycles. The molecule has 0 aromatic heterocycles. The predicted molar refractivity (Wildman–Crippen MR) is 98.2 cm³/mol. The Morgan fingerprint density at radius 3 is 2.68 bits per heavy atom. The second kappa shape index (κ2) is 7.61. The molecule has 0 spiro atoms. The Bertz CT molecular complexity index is 685. The first-order valence-electron chi connectivity index (χ1n) is 7.28. The zero-order valence-electron chi connectivity index (χ0n) is 13.1. The van der Waals surface area contributed by atoms with Gasteiger partial charge < -0.3 is 10.1 Å². The first kappa shape index (κ1) is 16.8. The minimum atomic E-state index is 0.444. The van der Waals surface area contributed by atoms with Gasteiger partial charge in [-0.1, -0.05) is 60.6 Å². The van der Waals surface area contributed by atoms with Crippen LogP contribution in [0, 0.1) is 13.8 Å². The van der Waals surface area contributed by atoms with Crippen molar-refractivity contribution in [3.05, 3.63) is 58.1 Å². The zero-order valence-corrected chi connectivity index (χ0v) is 14.6. The van der Waals surface area contributed by atoms with Crippen molar-refractivity contribution < 1.29 is 4.74 Å². The second-order valence-electron chi connectivity index (χ2n) is 5.23. The van der Waals surface area contributed by atoms with Gasteiger partial charge in [-0.3, -0.25) is 0 Å². The Morgan fingerprint density at radius 2 is 2.00 bits per heavy atom. The molecule has 0 saturated carbocycles. The normalized spacial score (nSPS) is 10.4. The number of thiocarbonyl (C=S) groups is 1. The summed E-state index contributed by atoms with van der Waals surface area (Å²) in [7, 11) is 0. The topological polar surface area (TPSA) is 21.3 Å². The van der Waals surface area contributed by atoms with Gasteiger partial charge in [0.1, 0.15) is 12.4 Å². The maximum absolute atomic E-state index is 6.29. The number of rotatable bonds is 5. The van der Waals surface area contributed by atoms with Gasteiger partial charge in [-0.2, -0.15) is 0 Å². The van der Waals surface area contributed by atoms with Crippen molar-refractivity contribution in [2.24, 2.45) is 0 Å². The molecule has 116 valence electrons. The smallest absolute Gasteiger partial charge is 0.122 e. The third-order valence-corrected chi connectivity index (χ3v) is 4.10. The van der Waals surface area contributed by atoms with Crippen molar-refractivity contribution in [2.45, 2.75) is 33.8 Å². The average Bonchev–Trinajstić information content (AvgIpc) is 2.49. The van der Waals surface area contributed by atoms with E-state index in [0.717, 1.165) is 34.0 Å². The minimum absolute atomic E-state index is 0.444. The van der Waals surface area contributed by atoms with Crippen LogP contribution < -0.4 is 10.1 Å². The first-order valence-corrected chi connectivity index (χ1v) is 8.07. The highest BCUT2D eigenvalue weighted by atomic mass is 35.5. The summed E-state index contributed by atoms with van der Waals surface area (Å²) in [5.41, 5.74) is 4.17. The Morgan fingerprint density at radius 1 is 1.23 bits per heavy atom. The Balaban J connectivity index is 2.18. The molecule has 0 bridgehead atoms. The van der Waals surface area contributed by atoms with Crippen LogP contribution in [0.3, 0.4) is 0 Å². The summed E-state index contributed by atoms with van der Waals surface area (Å²) in [5, 5.41) is 3.86. The van der Waals surface area contributed by atoms with Crippen LogP contribution in [-0.2, 0) is 6.61 Å².